The van der Waals surface area contributed by atoms with E-state index in [4.69, 9.17) is 27.2 Å². The van der Waals surface area contributed by atoms with Crippen molar-refractivity contribution in [3.63, 3.8) is 0 Å². The highest BCUT2D eigenvalue weighted by molar-refractivity contribution is 6.31. The minimum absolute atomic E-state index is 0.138. The number of halogens is 1. The van der Waals surface area contributed by atoms with Crippen molar-refractivity contribution in [3.05, 3.63) is 52.7 Å². The Morgan fingerprint density at radius 3 is 2.63 bits per heavy atom. The summed E-state index contributed by atoms with van der Waals surface area (Å²) in [7, 11) is 3.64. The number of pyridine rings is 1. The molecule has 0 unspecified atom stereocenters. The van der Waals surface area contributed by atoms with Crippen LogP contribution in [0.25, 0.3) is 0 Å². The van der Waals surface area contributed by atoms with E-state index in [1.807, 2.05) is 42.3 Å². The average molecular weight is 426 g/mol. The summed E-state index contributed by atoms with van der Waals surface area (Å²) in [6.45, 7) is 1.23. The van der Waals surface area contributed by atoms with E-state index < -0.39 is 0 Å². The van der Waals surface area contributed by atoms with Gasteiger partial charge in [-0.1, -0.05) is 17.7 Å². The van der Waals surface area contributed by atoms with Crippen molar-refractivity contribution in [2.24, 2.45) is 5.92 Å². The Hall–Kier alpha value is -2.44. The highest BCUT2D eigenvalue weighted by Crippen LogP contribution is 2.38. The quantitative estimate of drug-likeness (QED) is 0.540. The van der Waals surface area contributed by atoms with Crippen molar-refractivity contribution in [2.45, 2.75) is 38.1 Å². The summed E-state index contributed by atoms with van der Waals surface area (Å²) in [5, 5.41) is 18.3. The molecule has 1 aromatic carbocycles. The maximum absolute atomic E-state index is 8.99. The summed E-state index contributed by atoms with van der Waals surface area (Å²) in [6.07, 6.45) is 3.82. The number of nitrogens with zero attached hydrogens (tertiary/aromatic N) is 3. The van der Waals surface area contributed by atoms with Crippen LogP contribution in [-0.4, -0.2) is 42.3 Å². The van der Waals surface area contributed by atoms with Crippen LogP contribution in [0.15, 0.2) is 36.4 Å². The lowest BCUT2D eigenvalue weighted by Crippen LogP contribution is -2.43. The number of likely N-dealkylation sites (N-methyl/N-ethyl adjacent to an activating group) is 1. The number of rotatable bonds is 3. The largest absolute Gasteiger partial charge is 0.481 e. The number of ether oxygens (including phenoxy) is 1. The van der Waals surface area contributed by atoms with Gasteiger partial charge in [-0.15, -0.1) is 0 Å². The number of benzene rings is 1. The summed E-state index contributed by atoms with van der Waals surface area (Å²) in [5.41, 5.74) is 3.05. The Morgan fingerprint density at radius 1 is 1.13 bits per heavy atom. The fraction of sp³-hybridized carbons (Fsp3) is 0.435. The Morgan fingerprint density at radius 2 is 1.90 bits per heavy atom. The summed E-state index contributed by atoms with van der Waals surface area (Å²) in [5.74, 6) is 2.15. The highest BCUT2D eigenvalue weighted by Gasteiger charge is 2.32. The van der Waals surface area contributed by atoms with Gasteiger partial charge in [0, 0.05) is 35.2 Å². The van der Waals surface area contributed by atoms with Crippen molar-refractivity contribution in [1.82, 2.24) is 9.88 Å². The minimum atomic E-state index is 0.138. The van der Waals surface area contributed by atoms with E-state index in [1.165, 1.54) is 0 Å². The molecule has 1 aliphatic carbocycles. The van der Waals surface area contributed by atoms with Crippen molar-refractivity contribution in [3.8, 4) is 5.88 Å². The smallest absolute Gasteiger partial charge is 0.213 e. The van der Waals surface area contributed by atoms with Gasteiger partial charge in [-0.25, -0.2) is 4.98 Å². The summed E-state index contributed by atoms with van der Waals surface area (Å²) in [4.78, 5) is 8.54. The first-order valence-electron chi connectivity index (χ1n) is 10.4. The summed E-state index contributed by atoms with van der Waals surface area (Å²) < 4.78 is 5.27. The molecule has 0 amide bonds. The Bertz CT molecular complexity index is 954. The lowest BCUT2D eigenvalue weighted by molar-refractivity contribution is 0.370. The average Bonchev–Trinajstić information content (AvgIpc) is 2.87. The second-order valence-electron chi connectivity index (χ2n) is 8.27. The number of anilines is 1. The maximum Gasteiger partial charge on any atom is 0.213 e. The summed E-state index contributed by atoms with van der Waals surface area (Å²) >= 11 is 6.23. The predicted octanol–water partition coefficient (Wildman–Crippen LogP) is 4.92. The van der Waals surface area contributed by atoms with E-state index in [9.17, 15) is 0 Å². The molecule has 1 aromatic heterocycles. The first-order chi connectivity index (χ1) is 14.5. The molecule has 1 saturated carbocycles. The van der Waals surface area contributed by atoms with Gasteiger partial charge in [0.1, 0.15) is 11.7 Å². The van der Waals surface area contributed by atoms with E-state index in [-0.39, 0.29) is 5.92 Å². The molecule has 2 aromatic rings. The molecular formula is C23H28ClN5O. The van der Waals surface area contributed by atoms with Crippen LogP contribution in [0.3, 0.4) is 0 Å². The maximum atomic E-state index is 8.99. The molecule has 158 valence electrons. The number of fused-ring (bicyclic) bond motifs is 1. The molecule has 6 nitrogen and oxygen atoms in total. The molecule has 0 saturated heterocycles. The minimum Gasteiger partial charge on any atom is -0.481 e. The summed E-state index contributed by atoms with van der Waals surface area (Å²) in [6, 6.07) is 11.7. The standard InChI is InChI=1S/C23H28ClN5O/c1-28-13-17-12-18(24)10-11-20(17)29(21(25)14-28)23(26)16-8-6-15(7-9-16)19-4-3-5-22(27-19)30-2/h3-5,10-12,15-16,25-26H,6-9,13-14H2,1-2H3. The fourth-order valence-corrected chi connectivity index (χ4v) is 4.80. The number of nitrogens with one attached hydrogen (secondary N) is 2. The third-order valence-electron chi connectivity index (χ3n) is 6.14. The predicted molar refractivity (Wildman–Crippen MR) is 121 cm³/mol. The first kappa shape index (κ1) is 20.8. The molecule has 0 atom stereocenters. The monoisotopic (exact) mass is 425 g/mol. The Balaban J connectivity index is 1.51. The van der Waals surface area contributed by atoms with Gasteiger partial charge in [0.2, 0.25) is 5.88 Å². The fourth-order valence-electron chi connectivity index (χ4n) is 4.61. The number of hydrogen-bond acceptors (Lipinski definition) is 5. The van der Waals surface area contributed by atoms with Crippen molar-refractivity contribution in [2.75, 3.05) is 25.6 Å². The molecule has 0 bridgehead atoms. The molecule has 30 heavy (non-hydrogen) atoms. The topological polar surface area (TPSA) is 76.3 Å². The number of amidine groups is 2. The van der Waals surface area contributed by atoms with Gasteiger partial charge in [0.25, 0.3) is 0 Å². The van der Waals surface area contributed by atoms with Gasteiger partial charge >= 0.3 is 0 Å². The second kappa shape index (κ2) is 8.74. The van der Waals surface area contributed by atoms with Crippen molar-refractivity contribution in [1.29, 1.82) is 10.8 Å². The van der Waals surface area contributed by atoms with Gasteiger partial charge in [-0.2, -0.15) is 0 Å². The van der Waals surface area contributed by atoms with Crippen molar-refractivity contribution < 1.29 is 4.74 Å². The lowest BCUT2D eigenvalue weighted by atomic mass is 9.79. The molecule has 4 rings (SSSR count). The first-order valence-corrected chi connectivity index (χ1v) is 10.8. The van der Waals surface area contributed by atoms with Crippen LogP contribution < -0.4 is 9.64 Å². The lowest BCUT2D eigenvalue weighted by Gasteiger charge is -2.34. The van der Waals surface area contributed by atoms with Crippen LogP contribution in [-0.2, 0) is 6.54 Å². The molecule has 1 fully saturated rings. The third kappa shape index (κ3) is 4.20. The number of aromatic nitrogens is 1. The van der Waals surface area contributed by atoms with Crippen LogP contribution >= 0.6 is 11.6 Å². The normalized spacial score (nSPS) is 22.4. The van der Waals surface area contributed by atoms with Gasteiger partial charge in [0.05, 0.1) is 19.3 Å². The van der Waals surface area contributed by atoms with Crippen LogP contribution in [0.2, 0.25) is 5.02 Å². The Kier molecular flexibility index (Phi) is 6.06. The van der Waals surface area contributed by atoms with E-state index >= 15 is 0 Å². The zero-order valence-corrected chi connectivity index (χ0v) is 18.2. The zero-order valence-electron chi connectivity index (χ0n) is 17.5. The van der Waals surface area contributed by atoms with Gasteiger partial charge in [-0.05, 0) is 62.6 Å². The molecular weight excluding hydrogens is 398 g/mol. The molecule has 0 radical (unpaired) electrons. The van der Waals surface area contributed by atoms with Gasteiger partial charge < -0.3 is 4.74 Å². The SMILES string of the molecule is COc1cccc(C2CCC(C(=N)N3C(=N)CN(C)Cc4cc(Cl)ccc43)CC2)n1. The highest BCUT2D eigenvalue weighted by atomic mass is 35.5. The molecule has 2 aliphatic rings. The van der Waals surface area contributed by atoms with Gasteiger partial charge in [0.15, 0.2) is 0 Å². The van der Waals surface area contributed by atoms with E-state index in [2.05, 4.69) is 16.0 Å². The number of methoxy groups -OCH3 is 1. The van der Waals surface area contributed by atoms with E-state index in [0.29, 0.717) is 35.0 Å². The molecule has 7 heteroatoms. The van der Waals surface area contributed by atoms with Crippen LogP contribution in [0.4, 0.5) is 5.69 Å². The molecule has 0 spiro atoms. The molecule has 2 heterocycles. The van der Waals surface area contributed by atoms with Gasteiger partial charge in [-0.3, -0.25) is 20.6 Å². The number of hydrogen-bond donors (Lipinski definition) is 2. The zero-order chi connectivity index (χ0) is 21.3. The Labute approximate surface area is 182 Å². The third-order valence-corrected chi connectivity index (χ3v) is 6.37. The van der Waals surface area contributed by atoms with Crippen LogP contribution in [0.1, 0.15) is 42.9 Å². The van der Waals surface area contributed by atoms with Crippen LogP contribution in [0.5, 0.6) is 5.88 Å². The second-order valence-corrected chi connectivity index (χ2v) is 8.70. The van der Waals surface area contributed by atoms with Crippen molar-refractivity contribution >= 4 is 29.0 Å². The van der Waals surface area contributed by atoms with E-state index in [1.54, 1.807) is 7.11 Å². The molecule has 2 N–H and O–H groups in total. The molecule has 1 aliphatic heterocycles. The van der Waals surface area contributed by atoms with E-state index in [0.717, 1.165) is 49.2 Å². The van der Waals surface area contributed by atoms with Crippen LogP contribution in [0, 0.1) is 16.7 Å².